The number of methoxy groups -OCH3 is 1. The van der Waals surface area contributed by atoms with Crippen LogP contribution in [0.1, 0.15) is 49.4 Å². The van der Waals surface area contributed by atoms with E-state index in [1.54, 1.807) is 7.11 Å². The van der Waals surface area contributed by atoms with Gasteiger partial charge in [-0.25, -0.2) is 0 Å². The van der Waals surface area contributed by atoms with Crippen molar-refractivity contribution in [3.05, 3.63) is 77.4 Å². The van der Waals surface area contributed by atoms with Crippen molar-refractivity contribution < 1.29 is 4.74 Å². The van der Waals surface area contributed by atoms with Crippen LogP contribution in [0.5, 0.6) is 5.75 Å². The fourth-order valence-electron chi connectivity index (χ4n) is 4.97. The van der Waals surface area contributed by atoms with Crippen LogP contribution in [0.4, 0.5) is 0 Å². The second-order valence-electron chi connectivity index (χ2n) is 7.98. The predicted octanol–water partition coefficient (Wildman–Crippen LogP) is 6.18. The first-order valence-corrected chi connectivity index (χ1v) is 10.6. The van der Waals surface area contributed by atoms with Gasteiger partial charge in [0.15, 0.2) is 0 Å². The van der Waals surface area contributed by atoms with Crippen molar-refractivity contribution in [1.29, 1.82) is 0 Å². The summed E-state index contributed by atoms with van der Waals surface area (Å²) >= 11 is 0. The normalized spacial score (nSPS) is 17.5. The van der Waals surface area contributed by atoms with Gasteiger partial charge in [0.1, 0.15) is 5.75 Å². The Morgan fingerprint density at radius 2 is 1.82 bits per heavy atom. The molecule has 0 heterocycles. The number of hydrogen-bond donors (Lipinski definition) is 0. The van der Waals surface area contributed by atoms with Crippen LogP contribution in [-0.2, 0) is 12.8 Å². The largest absolute Gasteiger partial charge is 0.496 e. The number of ether oxygens (including phenoxy) is 1. The van der Waals surface area contributed by atoms with E-state index in [9.17, 15) is 0 Å². The summed E-state index contributed by atoms with van der Waals surface area (Å²) in [6.07, 6.45) is 4.59. The van der Waals surface area contributed by atoms with E-state index in [0.29, 0.717) is 12.1 Å². The smallest absolute Gasteiger partial charge is 0.122 e. The first kappa shape index (κ1) is 19.0. The maximum Gasteiger partial charge on any atom is 0.122 e. The number of benzene rings is 3. The molecule has 3 aromatic rings. The highest BCUT2D eigenvalue weighted by atomic mass is 16.5. The van der Waals surface area contributed by atoms with Crippen LogP contribution >= 0.6 is 0 Å². The molecule has 28 heavy (non-hydrogen) atoms. The minimum atomic E-state index is 0.406. The molecule has 0 saturated carbocycles. The molecule has 0 amide bonds. The average molecular weight is 374 g/mol. The lowest BCUT2D eigenvalue weighted by atomic mass is 9.85. The molecule has 2 atom stereocenters. The molecular formula is C26H31NO. The van der Waals surface area contributed by atoms with Crippen LogP contribution in [0.25, 0.3) is 10.8 Å². The summed E-state index contributed by atoms with van der Waals surface area (Å²) in [6, 6.07) is 23.0. The second-order valence-corrected chi connectivity index (χ2v) is 7.98. The molecule has 2 nitrogen and oxygen atoms in total. The van der Waals surface area contributed by atoms with Crippen molar-refractivity contribution >= 4 is 10.8 Å². The van der Waals surface area contributed by atoms with Gasteiger partial charge in [-0.1, -0.05) is 61.5 Å². The lowest BCUT2D eigenvalue weighted by Gasteiger charge is -2.40. The summed E-state index contributed by atoms with van der Waals surface area (Å²) in [7, 11) is 1.79. The van der Waals surface area contributed by atoms with E-state index in [4.69, 9.17) is 4.74 Å². The first-order valence-electron chi connectivity index (χ1n) is 10.6. The number of fused-ring (bicyclic) bond motifs is 2. The molecule has 2 unspecified atom stereocenters. The predicted molar refractivity (Wildman–Crippen MR) is 118 cm³/mol. The van der Waals surface area contributed by atoms with Gasteiger partial charge in [-0.05, 0) is 72.7 Å². The highest BCUT2D eigenvalue weighted by Crippen LogP contribution is 2.36. The highest BCUT2D eigenvalue weighted by molar-refractivity contribution is 5.86. The van der Waals surface area contributed by atoms with Gasteiger partial charge in [0.2, 0.25) is 0 Å². The van der Waals surface area contributed by atoms with Gasteiger partial charge in [0, 0.05) is 12.1 Å². The van der Waals surface area contributed by atoms with Gasteiger partial charge in [-0.2, -0.15) is 0 Å². The average Bonchev–Trinajstić information content (AvgIpc) is 2.75. The van der Waals surface area contributed by atoms with Gasteiger partial charge in [0.25, 0.3) is 0 Å². The number of nitrogens with zero attached hydrogens (tertiary/aromatic N) is 1. The summed E-state index contributed by atoms with van der Waals surface area (Å²) in [5.74, 6) is 1.06. The van der Waals surface area contributed by atoms with Crippen LogP contribution in [0.2, 0.25) is 0 Å². The van der Waals surface area contributed by atoms with Gasteiger partial charge in [-0.15, -0.1) is 0 Å². The van der Waals surface area contributed by atoms with Crippen molar-refractivity contribution in [2.24, 2.45) is 0 Å². The molecule has 0 radical (unpaired) electrons. The first-order chi connectivity index (χ1) is 13.7. The molecule has 1 aliphatic rings. The molecule has 0 aromatic heterocycles. The topological polar surface area (TPSA) is 12.5 Å². The maximum absolute atomic E-state index is 5.61. The number of hydrogen-bond acceptors (Lipinski definition) is 2. The SMILES string of the molecule is CCCN(C1CCc2c(cccc2OC)C1)C(C)c1cccc2ccccc12. The molecule has 0 fully saturated rings. The fourth-order valence-corrected chi connectivity index (χ4v) is 4.97. The Hall–Kier alpha value is -2.32. The molecule has 4 rings (SSSR count). The van der Waals surface area contributed by atoms with Gasteiger partial charge in [-0.3, -0.25) is 4.90 Å². The van der Waals surface area contributed by atoms with E-state index < -0.39 is 0 Å². The molecule has 146 valence electrons. The van der Waals surface area contributed by atoms with E-state index in [0.717, 1.165) is 25.1 Å². The Morgan fingerprint density at radius 1 is 1.04 bits per heavy atom. The highest BCUT2D eigenvalue weighted by Gasteiger charge is 2.29. The Labute approximate surface area is 169 Å². The van der Waals surface area contributed by atoms with Crippen molar-refractivity contribution in [2.75, 3.05) is 13.7 Å². The fraction of sp³-hybridized carbons (Fsp3) is 0.385. The Kier molecular flexibility index (Phi) is 5.68. The molecule has 1 aliphatic carbocycles. The van der Waals surface area contributed by atoms with Crippen LogP contribution in [0.3, 0.4) is 0 Å². The summed E-state index contributed by atoms with van der Waals surface area (Å²) in [4.78, 5) is 2.74. The Morgan fingerprint density at radius 3 is 2.64 bits per heavy atom. The van der Waals surface area contributed by atoms with E-state index >= 15 is 0 Å². The Bertz CT molecular complexity index is 943. The maximum atomic E-state index is 5.61. The van der Waals surface area contributed by atoms with Gasteiger partial charge < -0.3 is 4.74 Å². The molecule has 2 heteroatoms. The van der Waals surface area contributed by atoms with Crippen LogP contribution in [-0.4, -0.2) is 24.6 Å². The summed E-state index contributed by atoms with van der Waals surface area (Å²) < 4.78 is 5.61. The molecule has 3 aromatic carbocycles. The third-order valence-corrected chi connectivity index (χ3v) is 6.35. The lowest BCUT2D eigenvalue weighted by Crippen LogP contribution is -2.41. The molecule has 0 bridgehead atoms. The van der Waals surface area contributed by atoms with Gasteiger partial charge >= 0.3 is 0 Å². The summed E-state index contributed by atoms with van der Waals surface area (Å²) in [5, 5.41) is 2.72. The molecule has 0 N–H and O–H groups in total. The molecule has 0 aliphatic heterocycles. The minimum absolute atomic E-state index is 0.406. The van der Waals surface area contributed by atoms with Crippen LogP contribution in [0.15, 0.2) is 60.7 Å². The summed E-state index contributed by atoms with van der Waals surface area (Å²) in [5.41, 5.74) is 4.32. The van der Waals surface area contributed by atoms with Crippen LogP contribution in [0, 0.1) is 0 Å². The van der Waals surface area contributed by atoms with Crippen molar-refractivity contribution in [2.45, 2.75) is 51.6 Å². The second kappa shape index (κ2) is 8.36. The molecule has 0 saturated heterocycles. The van der Waals surface area contributed by atoms with E-state index in [-0.39, 0.29) is 0 Å². The zero-order valence-electron chi connectivity index (χ0n) is 17.3. The third kappa shape index (κ3) is 3.54. The zero-order valence-corrected chi connectivity index (χ0v) is 17.3. The summed E-state index contributed by atoms with van der Waals surface area (Å²) in [6.45, 7) is 5.81. The third-order valence-electron chi connectivity index (χ3n) is 6.35. The van der Waals surface area contributed by atoms with E-state index in [1.165, 1.54) is 40.3 Å². The zero-order chi connectivity index (χ0) is 19.5. The molecule has 0 spiro atoms. The van der Waals surface area contributed by atoms with E-state index in [1.807, 2.05) is 0 Å². The molecular weight excluding hydrogens is 342 g/mol. The number of rotatable bonds is 6. The van der Waals surface area contributed by atoms with Crippen molar-refractivity contribution in [3.63, 3.8) is 0 Å². The van der Waals surface area contributed by atoms with E-state index in [2.05, 4.69) is 79.4 Å². The van der Waals surface area contributed by atoms with Crippen LogP contribution < -0.4 is 4.74 Å². The monoisotopic (exact) mass is 373 g/mol. The van der Waals surface area contributed by atoms with Gasteiger partial charge in [0.05, 0.1) is 7.11 Å². The quantitative estimate of drug-likeness (QED) is 0.511. The minimum Gasteiger partial charge on any atom is -0.496 e. The Balaban J connectivity index is 1.65. The lowest BCUT2D eigenvalue weighted by molar-refractivity contribution is 0.131. The van der Waals surface area contributed by atoms with Crippen molar-refractivity contribution in [1.82, 2.24) is 4.90 Å². The van der Waals surface area contributed by atoms with Crippen molar-refractivity contribution in [3.8, 4) is 5.75 Å². The standard InChI is InChI=1S/C26H31NO/c1-4-17-27(19(2)23-13-7-10-20-9-5-6-12-24(20)23)22-15-16-25-21(18-22)11-8-14-26(25)28-3/h5-14,19,22H,4,15-18H2,1-3H3.